The fraction of sp³-hybridized carbons (Fsp3) is 0.920. The number of hydrogen-bond donors (Lipinski definition) is 2. The van der Waals surface area contributed by atoms with Crippen molar-refractivity contribution >= 4 is 11.7 Å². The molecule has 1 unspecified atom stereocenters. The summed E-state index contributed by atoms with van der Waals surface area (Å²) in [6.45, 7) is 6.15. The molecule has 0 aromatic rings. The number of carbonyl (C=O) groups is 1. The Morgan fingerprint density at radius 2 is 1.77 bits per heavy atom. The summed E-state index contributed by atoms with van der Waals surface area (Å²) < 4.78 is 5.10. The molecule has 31 heavy (non-hydrogen) atoms. The molecule has 0 bridgehead atoms. The number of aliphatic hydroxyl groups is 2. The van der Waals surface area contributed by atoms with Crippen molar-refractivity contribution in [2.24, 2.45) is 35.0 Å². The van der Waals surface area contributed by atoms with E-state index in [4.69, 9.17) is 4.74 Å². The lowest BCUT2D eigenvalue weighted by Gasteiger charge is -2.57. The number of ether oxygens (including phenoxy) is 1. The highest BCUT2D eigenvalue weighted by molar-refractivity contribution is 6.37. The van der Waals surface area contributed by atoms with Gasteiger partial charge in [0.15, 0.2) is 5.60 Å². The van der Waals surface area contributed by atoms with Crippen LogP contribution in [-0.4, -0.2) is 44.5 Å². The van der Waals surface area contributed by atoms with Gasteiger partial charge in [0.2, 0.25) is 0 Å². The summed E-state index contributed by atoms with van der Waals surface area (Å²) >= 11 is 0. The fourth-order valence-electron chi connectivity index (χ4n) is 8.55. The molecule has 8 atom stereocenters. The van der Waals surface area contributed by atoms with Crippen LogP contribution >= 0.6 is 0 Å². The van der Waals surface area contributed by atoms with Crippen molar-refractivity contribution < 1.29 is 24.5 Å². The van der Waals surface area contributed by atoms with Crippen LogP contribution in [0.25, 0.3) is 5.53 Å². The highest BCUT2D eigenvalue weighted by Gasteiger charge is 2.69. The van der Waals surface area contributed by atoms with Gasteiger partial charge in [-0.1, -0.05) is 20.3 Å². The van der Waals surface area contributed by atoms with Gasteiger partial charge < -0.3 is 20.5 Å². The maximum atomic E-state index is 12.5. The number of fused-ring (bicyclic) bond motifs is 5. The van der Waals surface area contributed by atoms with Crippen LogP contribution in [0.2, 0.25) is 0 Å². The van der Waals surface area contributed by atoms with Crippen LogP contribution in [0.4, 0.5) is 0 Å². The van der Waals surface area contributed by atoms with E-state index in [1.54, 1.807) is 6.92 Å². The van der Waals surface area contributed by atoms with E-state index in [-0.39, 0.29) is 12.3 Å². The predicted molar refractivity (Wildman–Crippen MR) is 117 cm³/mol. The van der Waals surface area contributed by atoms with Crippen LogP contribution in [-0.2, 0) is 9.53 Å². The molecule has 0 aromatic carbocycles. The average Bonchev–Trinajstić information content (AvgIpc) is 3.00. The average molecular weight is 433 g/mol. The summed E-state index contributed by atoms with van der Waals surface area (Å²) in [4.78, 5) is 15.7. The van der Waals surface area contributed by atoms with Gasteiger partial charge in [-0.25, -0.2) is 4.79 Å². The second-order valence-electron chi connectivity index (χ2n) is 11.2. The van der Waals surface area contributed by atoms with Gasteiger partial charge in [-0.05, 0) is 101 Å². The predicted octanol–water partition coefficient (Wildman–Crippen LogP) is 4.14. The molecule has 0 radical (unpaired) electrons. The number of rotatable bonds is 5. The van der Waals surface area contributed by atoms with Gasteiger partial charge in [-0.3, -0.25) is 0 Å². The molecule has 4 rings (SSSR count). The van der Waals surface area contributed by atoms with Gasteiger partial charge in [0, 0.05) is 5.41 Å². The van der Waals surface area contributed by atoms with Crippen LogP contribution in [0.15, 0.2) is 0 Å². The third kappa shape index (κ3) is 3.50. The van der Waals surface area contributed by atoms with Crippen LogP contribution in [0.5, 0.6) is 0 Å². The summed E-state index contributed by atoms with van der Waals surface area (Å²) in [7, 11) is 0. The Kier molecular flexibility index (Phi) is 6.13. The van der Waals surface area contributed by atoms with E-state index in [0.29, 0.717) is 36.0 Å². The third-order valence-electron chi connectivity index (χ3n) is 9.93. The molecule has 4 aliphatic carbocycles. The summed E-state index contributed by atoms with van der Waals surface area (Å²) in [5.74, 6) is 2.08. The van der Waals surface area contributed by atoms with Crippen molar-refractivity contribution in [2.75, 3.05) is 6.61 Å². The van der Waals surface area contributed by atoms with Crippen molar-refractivity contribution in [3.05, 3.63) is 5.53 Å². The minimum atomic E-state index is -1.44. The molecule has 0 heterocycles. The molecular weight excluding hydrogens is 392 g/mol. The SMILES string of the molecule is CCC[C@@]1(O)CC[C@H]2[C@H](CC[C@@H]3[C@@H]2CC[C@@]2(C)[C@H]3CCC2(O)C(=[N+]=[N-])C(=O)OCC)C1. The Hall–Kier alpha value is -1.23. The molecule has 6 nitrogen and oxygen atoms in total. The van der Waals surface area contributed by atoms with Crippen molar-refractivity contribution in [3.8, 4) is 0 Å². The van der Waals surface area contributed by atoms with Gasteiger partial charge in [-0.15, -0.1) is 0 Å². The van der Waals surface area contributed by atoms with E-state index >= 15 is 0 Å². The molecule has 4 aliphatic rings. The lowest BCUT2D eigenvalue weighted by Crippen LogP contribution is -2.59. The van der Waals surface area contributed by atoms with Gasteiger partial charge in [-0.2, -0.15) is 4.79 Å². The normalized spacial score (nSPS) is 46.3. The van der Waals surface area contributed by atoms with Crippen LogP contribution in [0.3, 0.4) is 0 Å². The molecule has 4 fully saturated rings. The van der Waals surface area contributed by atoms with Crippen LogP contribution in [0.1, 0.15) is 91.4 Å². The number of esters is 1. The van der Waals surface area contributed by atoms with E-state index in [1.165, 1.54) is 0 Å². The smallest absolute Gasteiger partial charge is 0.420 e. The quantitative estimate of drug-likeness (QED) is 0.295. The second-order valence-corrected chi connectivity index (χ2v) is 11.2. The minimum absolute atomic E-state index is 0.187. The van der Waals surface area contributed by atoms with E-state index in [0.717, 1.165) is 64.2 Å². The van der Waals surface area contributed by atoms with Crippen molar-refractivity contribution in [2.45, 2.75) is 103 Å². The summed E-state index contributed by atoms with van der Waals surface area (Å²) in [5, 5.41) is 22.8. The van der Waals surface area contributed by atoms with Crippen molar-refractivity contribution in [1.82, 2.24) is 0 Å². The van der Waals surface area contributed by atoms with Gasteiger partial charge >= 0.3 is 11.7 Å². The van der Waals surface area contributed by atoms with Crippen molar-refractivity contribution in [1.29, 1.82) is 0 Å². The molecule has 2 N–H and O–H groups in total. The molecule has 0 spiro atoms. The lowest BCUT2D eigenvalue weighted by atomic mass is 9.48. The van der Waals surface area contributed by atoms with Gasteiger partial charge in [0.05, 0.1) is 12.2 Å². The zero-order chi connectivity index (χ0) is 22.4. The number of nitrogens with zero attached hydrogens (tertiary/aromatic N) is 2. The Bertz CT molecular complexity index is 765. The van der Waals surface area contributed by atoms with Gasteiger partial charge in [0.1, 0.15) is 0 Å². The highest BCUT2D eigenvalue weighted by Crippen LogP contribution is 2.66. The molecule has 0 saturated heterocycles. The largest absolute Gasteiger partial charge is 0.457 e. The number of hydrogen-bond acceptors (Lipinski definition) is 4. The summed E-state index contributed by atoms with van der Waals surface area (Å²) in [5.41, 5.74) is 7.04. The van der Waals surface area contributed by atoms with E-state index in [9.17, 15) is 20.5 Å². The van der Waals surface area contributed by atoms with Crippen LogP contribution in [0, 0.1) is 35.0 Å². The van der Waals surface area contributed by atoms with E-state index in [1.807, 2.05) is 0 Å². The van der Waals surface area contributed by atoms with Crippen molar-refractivity contribution in [3.63, 3.8) is 0 Å². The Morgan fingerprint density at radius 3 is 2.45 bits per heavy atom. The first-order valence-electron chi connectivity index (χ1n) is 12.6. The Morgan fingerprint density at radius 1 is 1.03 bits per heavy atom. The van der Waals surface area contributed by atoms with Gasteiger partial charge in [0.25, 0.3) is 0 Å². The maximum absolute atomic E-state index is 12.5. The molecular formula is C25H40N2O4. The molecule has 0 aliphatic heterocycles. The first-order chi connectivity index (χ1) is 14.7. The zero-order valence-corrected chi connectivity index (χ0v) is 19.5. The van der Waals surface area contributed by atoms with Crippen LogP contribution < -0.4 is 0 Å². The third-order valence-corrected chi connectivity index (χ3v) is 9.93. The highest BCUT2D eigenvalue weighted by atomic mass is 16.5. The summed E-state index contributed by atoms with van der Waals surface area (Å²) in [6.07, 6.45) is 10.4. The Balaban J connectivity index is 1.55. The Labute approximate surface area is 186 Å². The minimum Gasteiger partial charge on any atom is -0.457 e. The first kappa shape index (κ1) is 22.9. The number of carbonyl (C=O) groups excluding carboxylic acids is 1. The second kappa shape index (κ2) is 8.28. The fourth-order valence-corrected chi connectivity index (χ4v) is 8.55. The topological polar surface area (TPSA) is 103 Å². The molecule has 4 saturated carbocycles. The van der Waals surface area contributed by atoms with E-state index < -0.39 is 22.6 Å². The lowest BCUT2D eigenvalue weighted by molar-refractivity contribution is -0.153. The zero-order valence-electron chi connectivity index (χ0n) is 19.5. The molecule has 0 aromatic heterocycles. The molecule has 174 valence electrons. The first-order valence-corrected chi connectivity index (χ1v) is 12.6. The molecule has 6 heteroatoms. The molecule has 0 amide bonds. The maximum Gasteiger partial charge on any atom is 0.420 e. The van der Waals surface area contributed by atoms with E-state index in [2.05, 4.69) is 18.6 Å². The monoisotopic (exact) mass is 432 g/mol. The standard InChI is InChI=1S/C25H40N2O4/c1-4-11-24(29)13-9-17-16(15-24)6-7-19-18(17)8-12-23(3)20(19)10-14-25(23,30)21(27-26)22(28)31-5-2/h16-20,29-30H,4-15H2,1-3H3/t16-,17+,18-,19-,20+,23+,24-,25?/m1/s1. The summed E-state index contributed by atoms with van der Waals surface area (Å²) in [6, 6.07) is 0.